The van der Waals surface area contributed by atoms with Gasteiger partial charge >= 0.3 is 0 Å². The van der Waals surface area contributed by atoms with Crippen LogP contribution in [0.2, 0.25) is 0 Å². The highest BCUT2D eigenvalue weighted by Gasteiger charge is 1.92. The smallest absolute Gasteiger partial charge is 0.123 e. The molecule has 0 fully saturated rings. The summed E-state index contributed by atoms with van der Waals surface area (Å²) in [6, 6.07) is 6.28. The Labute approximate surface area is 89.8 Å². The van der Waals surface area contributed by atoms with Gasteiger partial charge < -0.3 is 10.1 Å². The molecule has 0 radical (unpaired) electrons. The van der Waals surface area contributed by atoms with Crippen molar-refractivity contribution in [1.29, 1.82) is 0 Å². The van der Waals surface area contributed by atoms with Crippen molar-refractivity contribution in [2.75, 3.05) is 25.1 Å². The van der Waals surface area contributed by atoms with Crippen molar-refractivity contribution in [3.8, 4) is 0 Å². The first-order valence-corrected chi connectivity index (χ1v) is 5.01. The van der Waals surface area contributed by atoms with E-state index in [0.29, 0.717) is 13.2 Å². The minimum absolute atomic E-state index is 0.220. The molecule has 15 heavy (non-hydrogen) atoms. The van der Waals surface area contributed by atoms with Crippen LogP contribution in [0, 0.1) is 5.82 Å². The third-order valence-electron chi connectivity index (χ3n) is 1.89. The van der Waals surface area contributed by atoms with Crippen LogP contribution in [0.4, 0.5) is 10.1 Å². The number of rotatable bonds is 7. The topological polar surface area (TPSA) is 21.3 Å². The standard InChI is InChI=1S/C12H16FNO/c1-2-3-9-15-10-8-14-12-6-4-11(13)5-7-12/h2,4-7,14H,1,3,8-10H2. The van der Waals surface area contributed by atoms with Gasteiger partial charge in [0.15, 0.2) is 0 Å². The molecule has 0 aromatic heterocycles. The van der Waals surface area contributed by atoms with Gasteiger partial charge in [-0.25, -0.2) is 4.39 Å². The highest BCUT2D eigenvalue weighted by Crippen LogP contribution is 2.07. The van der Waals surface area contributed by atoms with Crippen LogP contribution in [-0.4, -0.2) is 19.8 Å². The molecule has 0 unspecified atom stereocenters. The Hall–Kier alpha value is -1.35. The van der Waals surface area contributed by atoms with Crippen LogP contribution in [0.25, 0.3) is 0 Å². The van der Waals surface area contributed by atoms with E-state index in [1.54, 1.807) is 12.1 Å². The lowest BCUT2D eigenvalue weighted by atomic mass is 10.3. The summed E-state index contributed by atoms with van der Waals surface area (Å²) in [7, 11) is 0. The Bertz CT molecular complexity index is 284. The molecule has 0 saturated heterocycles. The molecule has 1 rings (SSSR count). The molecule has 0 amide bonds. The van der Waals surface area contributed by atoms with Crippen molar-refractivity contribution in [1.82, 2.24) is 0 Å². The molecule has 0 aliphatic rings. The largest absolute Gasteiger partial charge is 0.383 e. The van der Waals surface area contributed by atoms with Gasteiger partial charge in [-0.3, -0.25) is 0 Å². The summed E-state index contributed by atoms with van der Waals surface area (Å²) in [4.78, 5) is 0. The Morgan fingerprint density at radius 1 is 1.27 bits per heavy atom. The first kappa shape index (κ1) is 11.7. The third-order valence-corrected chi connectivity index (χ3v) is 1.89. The summed E-state index contributed by atoms with van der Waals surface area (Å²) >= 11 is 0. The maximum absolute atomic E-state index is 12.6. The zero-order chi connectivity index (χ0) is 10.9. The average molecular weight is 209 g/mol. The van der Waals surface area contributed by atoms with Crippen molar-refractivity contribution >= 4 is 5.69 Å². The molecule has 3 heteroatoms. The summed E-state index contributed by atoms with van der Waals surface area (Å²) in [5, 5.41) is 3.13. The summed E-state index contributed by atoms with van der Waals surface area (Å²) in [6.07, 6.45) is 2.70. The molecular weight excluding hydrogens is 193 g/mol. The lowest BCUT2D eigenvalue weighted by Gasteiger charge is -2.06. The molecule has 0 aliphatic carbocycles. The van der Waals surface area contributed by atoms with Crippen LogP contribution in [0.1, 0.15) is 6.42 Å². The Kier molecular flexibility index (Phi) is 5.48. The monoisotopic (exact) mass is 209 g/mol. The van der Waals surface area contributed by atoms with Gasteiger partial charge in [-0.2, -0.15) is 0 Å². The van der Waals surface area contributed by atoms with Gasteiger partial charge in [0.1, 0.15) is 5.82 Å². The van der Waals surface area contributed by atoms with Crippen molar-refractivity contribution in [2.24, 2.45) is 0 Å². The van der Waals surface area contributed by atoms with Crippen molar-refractivity contribution < 1.29 is 9.13 Å². The van der Waals surface area contributed by atoms with Crippen LogP contribution < -0.4 is 5.32 Å². The number of halogens is 1. The van der Waals surface area contributed by atoms with Gasteiger partial charge in [0.25, 0.3) is 0 Å². The lowest BCUT2D eigenvalue weighted by Crippen LogP contribution is -2.09. The number of ether oxygens (including phenoxy) is 1. The van der Waals surface area contributed by atoms with E-state index in [1.165, 1.54) is 12.1 Å². The van der Waals surface area contributed by atoms with Crippen LogP contribution >= 0.6 is 0 Å². The first-order valence-electron chi connectivity index (χ1n) is 5.01. The molecule has 0 heterocycles. The van der Waals surface area contributed by atoms with E-state index in [2.05, 4.69) is 11.9 Å². The highest BCUT2D eigenvalue weighted by atomic mass is 19.1. The van der Waals surface area contributed by atoms with Gasteiger partial charge in [-0.05, 0) is 30.7 Å². The number of hydrogen-bond acceptors (Lipinski definition) is 2. The molecular formula is C12H16FNO. The van der Waals surface area contributed by atoms with Crippen LogP contribution in [0.3, 0.4) is 0 Å². The summed E-state index contributed by atoms with van der Waals surface area (Å²) in [5.41, 5.74) is 0.906. The van der Waals surface area contributed by atoms with E-state index in [1.807, 2.05) is 6.08 Å². The van der Waals surface area contributed by atoms with E-state index in [-0.39, 0.29) is 5.82 Å². The second-order valence-corrected chi connectivity index (χ2v) is 3.12. The van der Waals surface area contributed by atoms with Gasteiger partial charge in [0.05, 0.1) is 13.2 Å². The molecule has 1 aromatic rings. The van der Waals surface area contributed by atoms with Crippen LogP contribution in [-0.2, 0) is 4.74 Å². The third kappa shape index (κ3) is 5.18. The van der Waals surface area contributed by atoms with E-state index < -0.39 is 0 Å². The fourth-order valence-electron chi connectivity index (χ4n) is 1.10. The Morgan fingerprint density at radius 2 is 2.00 bits per heavy atom. The minimum Gasteiger partial charge on any atom is -0.383 e. The zero-order valence-corrected chi connectivity index (χ0v) is 8.71. The second kappa shape index (κ2) is 7.01. The van der Waals surface area contributed by atoms with Crippen molar-refractivity contribution in [3.63, 3.8) is 0 Å². The molecule has 0 atom stereocenters. The Morgan fingerprint density at radius 3 is 2.67 bits per heavy atom. The summed E-state index contributed by atoms with van der Waals surface area (Å²) in [6.45, 7) is 5.68. The lowest BCUT2D eigenvalue weighted by molar-refractivity contribution is 0.149. The van der Waals surface area contributed by atoms with Crippen molar-refractivity contribution in [3.05, 3.63) is 42.7 Å². The molecule has 0 saturated carbocycles. The molecule has 2 nitrogen and oxygen atoms in total. The maximum Gasteiger partial charge on any atom is 0.123 e. The van der Waals surface area contributed by atoms with Crippen LogP contribution in [0.15, 0.2) is 36.9 Å². The minimum atomic E-state index is -0.220. The SMILES string of the molecule is C=CCCOCCNc1ccc(F)cc1. The number of anilines is 1. The summed E-state index contributed by atoms with van der Waals surface area (Å²) in [5.74, 6) is -0.220. The quantitative estimate of drug-likeness (QED) is 0.550. The van der Waals surface area contributed by atoms with Gasteiger partial charge in [0.2, 0.25) is 0 Å². The number of hydrogen-bond donors (Lipinski definition) is 1. The number of nitrogens with one attached hydrogen (secondary N) is 1. The normalized spacial score (nSPS) is 9.93. The van der Waals surface area contributed by atoms with E-state index in [4.69, 9.17) is 4.74 Å². The predicted octanol–water partition coefficient (Wildman–Crippen LogP) is 2.83. The molecule has 0 spiro atoms. The summed E-state index contributed by atoms with van der Waals surface area (Å²) < 4.78 is 17.9. The predicted molar refractivity (Wildman–Crippen MR) is 60.5 cm³/mol. The molecule has 82 valence electrons. The molecule has 0 bridgehead atoms. The van der Waals surface area contributed by atoms with Crippen LogP contribution in [0.5, 0.6) is 0 Å². The van der Waals surface area contributed by atoms with Gasteiger partial charge in [-0.15, -0.1) is 6.58 Å². The molecule has 1 N–H and O–H groups in total. The average Bonchev–Trinajstić information content (AvgIpc) is 2.26. The number of benzene rings is 1. The first-order chi connectivity index (χ1) is 7.33. The maximum atomic E-state index is 12.6. The zero-order valence-electron chi connectivity index (χ0n) is 8.71. The van der Waals surface area contributed by atoms with E-state index in [9.17, 15) is 4.39 Å². The van der Waals surface area contributed by atoms with Gasteiger partial charge in [-0.1, -0.05) is 6.08 Å². The molecule has 0 aliphatic heterocycles. The van der Waals surface area contributed by atoms with E-state index >= 15 is 0 Å². The highest BCUT2D eigenvalue weighted by molar-refractivity contribution is 5.42. The fourth-order valence-corrected chi connectivity index (χ4v) is 1.10. The van der Waals surface area contributed by atoms with Gasteiger partial charge in [0, 0.05) is 12.2 Å². The Balaban J connectivity index is 2.09. The van der Waals surface area contributed by atoms with Crippen molar-refractivity contribution in [2.45, 2.75) is 6.42 Å². The fraction of sp³-hybridized carbons (Fsp3) is 0.333. The van der Waals surface area contributed by atoms with E-state index in [0.717, 1.165) is 18.7 Å². The molecule has 1 aromatic carbocycles. The second-order valence-electron chi connectivity index (χ2n) is 3.12.